The number of allylic oxidation sites excluding steroid dienone is 4. The lowest BCUT2D eigenvalue weighted by Crippen LogP contribution is -2.30. The van der Waals surface area contributed by atoms with Gasteiger partial charge in [0.05, 0.1) is 4.47 Å². The van der Waals surface area contributed by atoms with Crippen LogP contribution in [0.3, 0.4) is 0 Å². The van der Waals surface area contributed by atoms with E-state index in [0.29, 0.717) is 58.6 Å². The minimum absolute atomic E-state index is 0.0468. The topological polar surface area (TPSA) is 81.7 Å². The second-order valence-corrected chi connectivity index (χ2v) is 9.96. The predicted molar refractivity (Wildman–Crippen MR) is 135 cm³/mol. The fraction of sp³-hybridized carbons (Fsp3) is 0.321. The van der Waals surface area contributed by atoms with Crippen molar-refractivity contribution < 1.29 is 23.9 Å². The van der Waals surface area contributed by atoms with Crippen molar-refractivity contribution in [3.8, 4) is 5.75 Å². The molecule has 2 aromatic carbocycles. The monoisotopic (exact) mass is 535 g/mol. The van der Waals surface area contributed by atoms with Gasteiger partial charge in [-0.3, -0.25) is 14.4 Å². The molecule has 5 rings (SSSR count). The normalized spacial score (nSPS) is 18.1. The Morgan fingerprint density at radius 3 is 2.29 bits per heavy atom. The highest BCUT2D eigenvalue weighted by atomic mass is 79.9. The van der Waals surface area contributed by atoms with Crippen molar-refractivity contribution in [2.24, 2.45) is 0 Å². The maximum Gasteiger partial charge on any atom is 0.262 e. The summed E-state index contributed by atoms with van der Waals surface area (Å²) in [6.45, 7) is 1.78. The van der Waals surface area contributed by atoms with E-state index in [4.69, 9.17) is 9.47 Å². The zero-order valence-corrected chi connectivity index (χ0v) is 21.1. The third kappa shape index (κ3) is 4.69. The standard InChI is InChI=1S/C28H26BrNO5/c1-16-6-2-3-7-19(16)30-25(33)15-34-22-13-12-17(14-18(22)29)26-27-20(31)8-4-10-23(27)35-24-11-5-9-21(32)28(24)26/h2-3,6-7,12-14,26H,4-5,8-11,15H2,1H3,(H,30,33). The van der Waals surface area contributed by atoms with Gasteiger partial charge in [-0.15, -0.1) is 0 Å². The number of amides is 1. The molecule has 180 valence electrons. The molecule has 0 radical (unpaired) electrons. The molecule has 2 aliphatic carbocycles. The largest absolute Gasteiger partial charge is 0.483 e. The summed E-state index contributed by atoms with van der Waals surface area (Å²) in [4.78, 5) is 38.3. The Morgan fingerprint density at radius 2 is 1.66 bits per heavy atom. The Balaban J connectivity index is 1.39. The van der Waals surface area contributed by atoms with Crippen LogP contribution in [-0.2, 0) is 19.1 Å². The number of hydrogen-bond acceptors (Lipinski definition) is 5. The zero-order chi connectivity index (χ0) is 24.5. The molecule has 0 fully saturated rings. The van der Waals surface area contributed by atoms with Gasteiger partial charge in [-0.2, -0.15) is 0 Å². The first-order chi connectivity index (χ1) is 16.9. The van der Waals surface area contributed by atoms with Crippen molar-refractivity contribution in [1.82, 2.24) is 0 Å². The molecule has 35 heavy (non-hydrogen) atoms. The molecule has 0 saturated carbocycles. The molecule has 0 bridgehead atoms. The van der Waals surface area contributed by atoms with Crippen LogP contribution in [0.5, 0.6) is 5.75 Å². The highest BCUT2D eigenvalue weighted by molar-refractivity contribution is 9.10. The number of para-hydroxylation sites is 1. The van der Waals surface area contributed by atoms with Crippen molar-refractivity contribution >= 4 is 39.1 Å². The summed E-state index contributed by atoms with van der Waals surface area (Å²) in [7, 11) is 0. The fourth-order valence-corrected chi connectivity index (χ4v) is 5.52. The number of nitrogens with one attached hydrogen (secondary N) is 1. The summed E-state index contributed by atoms with van der Waals surface area (Å²) in [5, 5.41) is 2.85. The third-order valence-electron chi connectivity index (χ3n) is 6.71. The number of carbonyl (C=O) groups is 3. The van der Waals surface area contributed by atoms with Crippen molar-refractivity contribution in [3.63, 3.8) is 0 Å². The Morgan fingerprint density at radius 1 is 1.00 bits per heavy atom. The van der Waals surface area contributed by atoms with Gasteiger partial charge in [-0.1, -0.05) is 24.3 Å². The number of carbonyl (C=O) groups excluding carboxylic acids is 3. The molecule has 0 spiro atoms. The molecule has 0 saturated heterocycles. The lowest BCUT2D eigenvalue weighted by atomic mass is 9.73. The number of aryl methyl sites for hydroxylation is 1. The van der Waals surface area contributed by atoms with E-state index in [0.717, 1.165) is 29.7 Å². The van der Waals surface area contributed by atoms with Gasteiger partial charge in [-0.25, -0.2) is 0 Å². The SMILES string of the molecule is Cc1ccccc1NC(=O)COc1ccc(C2C3=C(CCCC3=O)OC3=C2C(=O)CCC3)cc1Br. The minimum atomic E-state index is -0.427. The Kier molecular flexibility index (Phi) is 6.60. The second kappa shape index (κ2) is 9.82. The molecule has 2 aromatic rings. The molecule has 1 amide bonds. The average Bonchev–Trinajstić information content (AvgIpc) is 2.84. The van der Waals surface area contributed by atoms with Crippen LogP contribution in [0.4, 0.5) is 5.69 Å². The highest BCUT2D eigenvalue weighted by Gasteiger charge is 2.41. The number of ketones is 2. The molecular weight excluding hydrogens is 510 g/mol. The minimum Gasteiger partial charge on any atom is -0.483 e. The summed E-state index contributed by atoms with van der Waals surface area (Å²) in [6, 6.07) is 13.1. The summed E-state index contributed by atoms with van der Waals surface area (Å²) in [6.07, 6.45) is 3.88. The average molecular weight is 536 g/mol. The fourth-order valence-electron chi connectivity index (χ4n) is 5.01. The highest BCUT2D eigenvalue weighted by Crippen LogP contribution is 2.48. The zero-order valence-electron chi connectivity index (χ0n) is 19.5. The molecule has 1 heterocycles. The summed E-state index contributed by atoms with van der Waals surface area (Å²) < 4.78 is 12.5. The number of Topliss-reactive ketones (excluding diaryl/α,β-unsaturated/α-hetero) is 2. The van der Waals surface area contributed by atoms with E-state index in [1.165, 1.54) is 0 Å². The van der Waals surface area contributed by atoms with Gasteiger partial charge in [0.25, 0.3) is 5.91 Å². The smallest absolute Gasteiger partial charge is 0.262 e. The molecule has 3 aliphatic rings. The number of benzene rings is 2. The van der Waals surface area contributed by atoms with Crippen LogP contribution in [0.1, 0.15) is 55.6 Å². The molecule has 0 unspecified atom stereocenters. The first-order valence-electron chi connectivity index (χ1n) is 11.9. The predicted octanol–water partition coefficient (Wildman–Crippen LogP) is 5.90. The van der Waals surface area contributed by atoms with Crippen molar-refractivity contribution in [2.75, 3.05) is 11.9 Å². The van der Waals surface area contributed by atoms with Crippen molar-refractivity contribution in [3.05, 3.63) is 80.7 Å². The summed E-state index contributed by atoms with van der Waals surface area (Å²) in [5.74, 6) is 1.34. The number of halogens is 1. The van der Waals surface area contributed by atoms with E-state index < -0.39 is 5.92 Å². The molecule has 0 atom stereocenters. The first kappa shape index (κ1) is 23.5. The van der Waals surface area contributed by atoms with Crippen LogP contribution in [0, 0.1) is 6.92 Å². The van der Waals surface area contributed by atoms with E-state index in [9.17, 15) is 14.4 Å². The molecule has 1 aliphatic heterocycles. The molecular formula is C28H26BrNO5. The van der Waals surface area contributed by atoms with E-state index in [1.807, 2.05) is 43.3 Å². The van der Waals surface area contributed by atoms with Gasteiger partial charge in [0, 0.05) is 48.4 Å². The van der Waals surface area contributed by atoms with Crippen LogP contribution in [0.2, 0.25) is 0 Å². The van der Waals surface area contributed by atoms with Crippen LogP contribution in [0.15, 0.2) is 69.6 Å². The number of rotatable bonds is 5. The maximum absolute atomic E-state index is 12.9. The van der Waals surface area contributed by atoms with Gasteiger partial charge in [0.1, 0.15) is 17.3 Å². The summed E-state index contributed by atoms with van der Waals surface area (Å²) in [5.41, 5.74) is 3.78. The lowest BCUT2D eigenvalue weighted by Gasteiger charge is -2.36. The number of anilines is 1. The Hall–Kier alpha value is -3.19. The third-order valence-corrected chi connectivity index (χ3v) is 7.33. The lowest BCUT2D eigenvalue weighted by molar-refractivity contribution is -0.119. The molecule has 0 aromatic heterocycles. The Bertz CT molecular complexity index is 1250. The van der Waals surface area contributed by atoms with Gasteiger partial charge >= 0.3 is 0 Å². The first-order valence-corrected chi connectivity index (χ1v) is 12.7. The number of hydrogen-bond donors (Lipinski definition) is 1. The van der Waals surface area contributed by atoms with Crippen molar-refractivity contribution in [2.45, 2.75) is 51.4 Å². The van der Waals surface area contributed by atoms with Gasteiger partial charge in [0.15, 0.2) is 18.2 Å². The van der Waals surface area contributed by atoms with E-state index in [2.05, 4.69) is 21.2 Å². The molecule has 7 heteroatoms. The molecule has 1 N–H and O–H groups in total. The van der Waals surface area contributed by atoms with E-state index in [-0.39, 0.29) is 24.1 Å². The Labute approximate surface area is 212 Å². The number of ether oxygens (including phenoxy) is 2. The van der Waals surface area contributed by atoms with Crippen LogP contribution in [0.25, 0.3) is 0 Å². The maximum atomic E-state index is 12.9. The quantitative estimate of drug-likeness (QED) is 0.515. The van der Waals surface area contributed by atoms with Gasteiger partial charge in [0.2, 0.25) is 0 Å². The van der Waals surface area contributed by atoms with E-state index in [1.54, 1.807) is 6.07 Å². The summed E-state index contributed by atoms with van der Waals surface area (Å²) >= 11 is 3.56. The second-order valence-electron chi connectivity index (χ2n) is 9.10. The molecule has 6 nitrogen and oxygen atoms in total. The van der Waals surface area contributed by atoms with Crippen LogP contribution in [-0.4, -0.2) is 24.1 Å². The van der Waals surface area contributed by atoms with Gasteiger partial charge < -0.3 is 14.8 Å². The van der Waals surface area contributed by atoms with E-state index >= 15 is 0 Å². The van der Waals surface area contributed by atoms with Crippen LogP contribution >= 0.6 is 15.9 Å². The van der Waals surface area contributed by atoms with Gasteiger partial charge in [-0.05, 0) is 65.0 Å². The van der Waals surface area contributed by atoms with Crippen LogP contribution < -0.4 is 10.1 Å². The van der Waals surface area contributed by atoms with Crippen molar-refractivity contribution in [1.29, 1.82) is 0 Å².